The third-order valence-electron chi connectivity index (χ3n) is 4.24. The monoisotopic (exact) mass is 365 g/mol. The average Bonchev–Trinajstić information content (AvgIpc) is 2.99. The minimum Gasteiger partial charge on any atom is -0.361 e. The number of carbonyl (C=O) groups is 1. The molecule has 0 aliphatic rings. The maximum atomic E-state index is 11.8. The molecule has 2 N–H and O–H groups in total. The standard InChI is InChI=1S/C18H27N3O3S/c1-3-4-13-25(23,24)20-10-12-21(15(2)22)11-9-16-14-19-18-8-6-5-7-17(16)18/h5-8,14,19-20H,3-4,9-13H2,1-2H3. The van der Waals surface area contributed by atoms with Crippen molar-refractivity contribution in [3.63, 3.8) is 0 Å². The largest absolute Gasteiger partial charge is 0.361 e. The summed E-state index contributed by atoms with van der Waals surface area (Å²) < 4.78 is 26.2. The number of carbonyl (C=O) groups excluding carboxylic acids is 1. The highest BCUT2D eigenvalue weighted by molar-refractivity contribution is 7.89. The predicted molar refractivity (Wildman–Crippen MR) is 101 cm³/mol. The molecule has 25 heavy (non-hydrogen) atoms. The molecule has 2 rings (SSSR count). The Kier molecular flexibility index (Phi) is 7.01. The fourth-order valence-corrected chi connectivity index (χ4v) is 3.98. The molecule has 0 unspecified atom stereocenters. The molecule has 0 spiro atoms. The summed E-state index contributed by atoms with van der Waals surface area (Å²) in [5.41, 5.74) is 2.24. The van der Waals surface area contributed by atoms with Crippen molar-refractivity contribution in [1.29, 1.82) is 0 Å². The number of para-hydroxylation sites is 1. The van der Waals surface area contributed by atoms with Gasteiger partial charge in [0.05, 0.1) is 5.75 Å². The molecule has 0 bridgehead atoms. The van der Waals surface area contributed by atoms with Crippen LogP contribution >= 0.6 is 0 Å². The van der Waals surface area contributed by atoms with E-state index < -0.39 is 10.0 Å². The Morgan fingerprint density at radius 3 is 2.72 bits per heavy atom. The molecule has 7 heteroatoms. The summed E-state index contributed by atoms with van der Waals surface area (Å²) in [6.45, 7) is 4.66. The second-order valence-electron chi connectivity index (χ2n) is 6.18. The van der Waals surface area contributed by atoms with Crippen LogP contribution in [0.4, 0.5) is 0 Å². The van der Waals surface area contributed by atoms with Crippen molar-refractivity contribution in [2.45, 2.75) is 33.1 Å². The highest BCUT2D eigenvalue weighted by atomic mass is 32.2. The lowest BCUT2D eigenvalue weighted by molar-refractivity contribution is -0.128. The van der Waals surface area contributed by atoms with Crippen LogP contribution in [0.1, 0.15) is 32.3 Å². The van der Waals surface area contributed by atoms with E-state index in [2.05, 4.69) is 15.8 Å². The second kappa shape index (κ2) is 9.01. The number of nitrogens with one attached hydrogen (secondary N) is 2. The molecule has 0 radical (unpaired) electrons. The first kappa shape index (κ1) is 19.5. The van der Waals surface area contributed by atoms with Gasteiger partial charge in [0.15, 0.2) is 0 Å². The van der Waals surface area contributed by atoms with E-state index in [-0.39, 0.29) is 18.2 Å². The Morgan fingerprint density at radius 2 is 2.00 bits per heavy atom. The van der Waals surface area contributed by atoms with Crippen molar-refractivity contribution in [2.75, 3.05) is 25.4 Å². The lowest BCUT2D eigenvalue weighted by Crippen LogP contribution is -2.39. The number of hydrogen-bond acceptors (Lipinski definition) is 3. The topological polar surface area (TPSA) is 82.3 Å². The van der Waals surface area contributed by atoms with Gasteiger partial charge in [0.2, 0.25) is 15.9 Å². The molecule has 1 aromatic heterocycles. The molecule has 0 saturated carbocycles. The predicted octanol–water partition coefficient (Wildman–Crippen LogP) is 2.28. The summed E-state index contributed by atoms with van der Waals surface area (Å²) in [6.07, 6.45) is 4.18. The van der Waals surface area contributed by atoms with Gasteiger partial charge in [-0.05, 0) is 24.5 Å². The molecule has 0 fully saturated rings. The highest BCUT2D eigenvalue weighted by Gasteiger charge is 2.13. The Balaban J connectivity index is 1.88. The molecule has 1 amide bonds. The van der Waals surface area contributed by atoms with Gasteiger partial charge in [0.1, 0.15) is 0 Å². The zero-order chi connectivity index (χ0) is 18.3. The number of H-pyrrole nitrogens is 1. The molecule has 1 aromatic carbocycles. The van der Waals surface area contributed by atoms with Gasteiger partial charge >= 0.3 is 0 Å². The average molecular weight is 365 g/mol. The van der Waals surface area contributed by atoms with E-state index in [9.17, 15) is 13.2 Å². The van der Waals surface area contributed by atoms with Gasteiger partial charge < -0.3 is 9.88 Å². The van der Waals surface area contributed by atoms with Crippen molar-refractivity contribution < 1.29 is 13.2 Å². The van der Waals surface area contributed by atoms with Gasteiger partial charge in [0.25, 0.3) is 0 Å². The fraction of sp³-hybridized carbons (Fsp3) is 0.500. The van der Waals surface area contributed by atoms with Gasteiger partial charge in [-0.1, -0.05) is 31.5 Å². The molecule has 0 aliphatic heterocycles. The minimum absolute atomic E-state index is 0.0485. The molecule has 1 heterocycles. The SMILES string of the molecule is CCCCS(=O)(=O)NCCN(CCc1c[nH]c2ccccc12)C(C)=O. The van der Waals surface area contributed by atoms with Gasteiger partial charge in [-0.15, -0.1) is 0 Å². The minimum atomic E-state index is -3.25. The number of nitrogens with zero attached hydrogens (tertiary/aromatic N) is 1. The van der Waals surface area contributed by atoms with Crippen molar-refractivity contribution >= 4 is 26.8 Å². The van der Waals surface area contributed by atoms with Gasteiger partial charge in [-0.2, -0.15) is 0 Å². The van der Waals surface area contributed by atoms with Crippen LogP contribution in [0.15, 0.2) is 30.5 Å². The van der Waals surface area contributed by atoms with Crippen LogP contribution in [0.25, 0.3) is 10.9 Å². The van der Waals surface area contributed by atoms with Crippen LogP contribution in [0.2, 0.25) is 0 Å². The van der Waals surface area contributed by atoms with Crippen molar-refractivity contribution in [3.8, 4) is 0 Å². The maximum Gasteiger partial charge on any atom is 0.219 e. The number of rotatable bonds is 10. The first-order chi connectivity index (χ1) is 11.9. The Hall–Kier alpha value is -1.86. The van der Waals surface area contributed by atoms with Crippen LogP contribution in [0, 0.1) is 0 Å². The van der Waals surface area contributed by atoms with E-state index in [0.29, 0.717) is 19.5 Å². The van der Waals surface area contributed by atoms with E-state index in [1.54, 1.807) is 4.90 Å². The molecule has 0 saturated heterocycles. The lowest BCUT2D eigenvalue weighted by atomic mass is 10.1. The summed E-state index contributed by atoms with van der Waals surface area (Å²) in [6, 6.07) is 8.05. The number of unbranched alkanes of at least 4 members (excludes halogenated alkanes) is 1. The van der Waals surface area contributed by atoms with Crippen LogP contribution in [-0.4, -0.2) is 49.6 Å². The number of amides is 1. The van der Waals surface area contributed by atoms with Crippen LogP contribution in [0.5, 0.6) is 0 Å². The van der Waals surface area contributed by atoms with E-state index in [1.807, 2.05) is 31.3 Å². The van der Waals surface area contributed by atoms with Gasteiger partial charge in [-0.25, -0.2) is 13.1 Å². The summed E-state index contributed by atoms with van der Waals surface area (Å²) >= 11 is 0. The Morgan fingerprint density at radius 1 is 1.24 bits per heavy atom. The lowest BCUT2D eigenvalue weighted by Gasteiger charge is -2.21. The zero-order valence-electron chi connectivity index (χ0n) is 14.9. The van der Waals surface area contributed by atoms with Crippen molar-refractivity contribution in [2.24, 2.45) is 0 Å². The number of hydrogen-bond donors (Lipinski definition) is 2. The summed E-state index contributed by atoms with van der Waals surface area (Å²) in [4.78, 5) is 16.7. The zero-order valence-corrected chi connectivity index (χ0v) is 15.7. The molecular weight excluding hydrogens is 338 g/mol. The van der Waals surface area contributed by atoms with Crippen molar-refractivity contribution in [3.05, 3.63) is 36.0 Å². The Labute approximate surface area is 149 Å². The molecule has 0 atom stereocenters. The molecular formula is C18H27N3O3S. The first-order valence-electron chi connectivity index (χ1n) is 8.71. The summed E-state index contributed by atoms with van der Waals surface area (Å²) in [5, 5.41) is 1.16. The third kappa shape index (κ3) is 5.86. The van der Waals surface area contributed by atoms with Gasteiger partial charge in [0, 0.05) is 43.7 Å². The van der Waals surface area contributed by atoms with Crippen molar-refractivity contribution in [1.82, 2.24) is 14.6 Å². The third-order valence-corrected chi connectivity index (χ3v) is 5.71. The smallest absolute Gasteiger partial charge is 0.219 e. The number of aromatic nitrogens is 1. The van der Waals surface area contributed by atoms with Crippen LogP contribution in [0.3, 0.4) is 0 Å². The molecule has 2 aromatic rings. The molecule has 138 valence electrons. The van der Waals surface area contributed by atoms with E-state index in [0.717, 1.165) is 29.3 Å². The van der Waals surface area contributed by atoms with E-state index in [4.69, 9.17) is 0 Å². The second-order valence-corrected chi connectivity index (χ2v) is 8.11. The molecule has 6 nitrogen and oxygen atoms in total. The summed E-state index contributed by atoms with van der Waals surface area (Å²) in [7, 11) is -3.25. The van der Waals surface area contributed by atoms with E-state index >= 15 is 0 Å². The Bertz CT molecular complexity index is 799. The summed E-state index contributed by atoms with van der Waals surface area (Å²) in [5.74, 6) is 0.0893. The molecule has 0 aliphatic carbocycles. The van der Waals surface area contributed by atoms with Crippen LogP contribution < -0.4 is 4.72 Å². The first-order valence-corrected chi connectivity index (χ1v) is 10.4. The number of fused-ring (bicyclic) bond motifs is 1. The number of sulfonamides is 1. The highest BCUT2D eigenvalue weighted by Crippen LogP contribution is 2.18. The maximum absolute atomic E-state index is 11.8. The fourth-order valence-electron chi connectivity index (χ4n) is 2.76. The van der Waals surface area contributed by atoms with E-state index in [1.165, 1.54) is 6.92 Å². The van der Waals surface area contributed by atoms with Crippen LogP contribution in [-0.2, 0) is 21.2 Å². The quantitative estimate of drug-likeness (QED) is 0.678. The normalized spacial score (nSPS) is 11.8. The number of aromatic amines is 1. The number of benzene rings is 1. The van der Waals surface area contributed by atoms with Gasteiger partial charge in [-0.3, -0.25) is 4.79 Å².